The topological polar surface area (TPSA) is 54.6 Å². The van der Waals surface area contributed by atoms with Crippen molar-refractivity contribution in [1.82, 2.24) is 9.88 Å². The van der Waals surface area contributed by atoms with Gasteiger partial charge in [-0.15, -0.1) is 0 Å². The summed E-state index contributed by atoms with van der Waals surface area (Å²) in [5, 5.41) is 1.73. The van der Waals surface area contributed by atoms with E-state index in [1.54, 1.807) is 0 Å². The van der Waals surface area contributed by atoms with Crippen molar-refractivity contribution >= 4 is 32.8 Å². The van der Waals surface area contributed by atoms with E-state index in [9.17, 15) is 4.79 Å². The maximum Gasteiger partial charge on any atom is 0.344 e. The maximum absolute atomic E-state index is 13.0. The van der Waals surface area contributed by atoms with Crippen molar-refractivity contribution in [2.75, 3.05) is 19.0 Å². The number of para-hydroxylation sites is 1. The molecular weight excluding hydrogens is 396 g/mol. The zero-order valence-electron chi connectivity index (χ0n) is 15.0. The summed E-state index contributed by atoms with van der Waals surface area (Å²) in [6.45, 7) is 0.552. The molecule has 2 aliphatic rings. The lowest BCUT2D eigenvalue weighted by molar-refractivity contribution is -0.000554. The Morgan fingerprint density at radius 1 is 1.27 bits per heavy atom. The number of carbonyl (C=O) groups excluding carboxylic acids is 1. The number of nitrogens with zero attached hydrogens (tertiary/aromatic N) is 1. The second-order valence-corrected chi connectivity index (χ2v) is 8.11. The molecule has 0 spiro atoms. The molecular formula is C20H25BrN2O3. The van der Waals surface area contributed by atoms with Gasteiger partial charge >= 0.3 is 5.97 Å². The van der Waals surface area contributed by atoms with Crippen LogP contribution in [0.1, 0.15) is 42.5 Å². The second kappa shape index (κ2) is 7.61. The fourth-order valence-corrected chi connectivity index (χ4v) is 4.55. The Hall–Kier alpha value is -1.53. The number of aromatic nitrogens is 1. The third-order valence-corrected chi connectivity index (χ3v) is 6.29. The van der Waals surface area contributed by atoms with Gasteiger partial charge in [-0.05, 0) is 32.4 Å². The zero-order chi connectivity index (χ0) is 18.1. The van der Waals surface area contributed by atoms with Gasteiger partial charge in [0.2, 0.25) is 5.88 Å². The van der Waals surface area contributed by atoms with Crippen LogP contribution in [0.15, 0.2) is 24.3 Å². The summed E-state index contributed by atoms with van der Waals surface area (Å²) in [5.74, 6) is 0.248. The van der Waals surface area contributed by atoms with Gasteiger partial charge in [0.25, 0.3) is 0 Å². The Bertz CT molecular complexity index is 776. The van der Waals surface area contributed by atoms with E-state index in [4.69, 9.17) is 9.47 Å². The predicted octanol–water partition coefficient (Wildman–Crippen LogP) is 4.11. The van der Waals surface area contributed by atoms with E-state index >= 15 is 0 Å². The molecule has 2 fully saturated rings. The number of ether oxygens (including phenoxy) is 2. The molecule has 1 aromatic heterocycles. The Kier molecular flexibility index (Phi) is 5.23. The van der Waals surface area contributed by atoms with Gasteiger partial charge in [0.05, 0.1) is 6.61 Å². The van der Waals surface area contributed by atoms with Gasteiger partial charge < -0.3 is 19.4 Å². The molecule has 2 saturated heterocycles. The van der Waals surface area contributed by atoms with E-state index in [-0.39, 0.29) is 12.1 Å². The number of hydrogen-bond donors (Lipinski definition) is 1. The average molecular weight is 421 g/mol. The highest BCUT2D eigenvalue weighted by Gasteiger charge is 2.40. The van der Waals surface area contributed by atoms with Crippen molar-refractivity contribution < 1.29 is 14.3 Å². The van der Waals surface area contributed by atoms with E-state index in [1.807, 2.05) is 24.3 Å². The number of carbonyl (C=O) groups is 1. The van der Waals surface area contributed by atoms with Gasteiger partial charge in [-0.1, -0.05) is 34.1 Å². The Balaban J connectivity index is 1.54. The number of aromatic amines is 1. The van der Waals surface area contributed by atoms with E-state index in [2.05, 4.69) is 32.9 Å². The van der Waals surface area contributed by atoms with Crippen molar-refractivity contribution in [3.05, 3.63) is 29.8 Å². The van der Waals surface area contributed by atoms with Crippen LogP contribution in [0.25, 0.3) is 10.9 Å². The van der Waals surface area contributed by atoms with Gasteiger partial charge in [-0.25, -0.2) is 4.79 Å². The summed E-state index contributed by atoms with van der Waals surface area (Å²) in [6.07, 6.45) is 5.16. The number of piperidine rings is 1. The zero-order valence-corrected chi connectivity index (χ0v) is 16.6. The fraction of sp³-hybridized carbons (Fsp3) is 0.550. The minimum absolute atomic E-state index is 0.000235. The van der Waals surface area contributed by atoms with Crippen LogP contribution in [0, 0.1) is 0 Å². The standard InChI is InChI=1S/C20H25BrN2O3/c1-23-13-7-8-14(23)12-15(11-13)26-20(24)18-16-5-2-3-6-17(16)22-19(18)25-10-4-9-21/h2-3,5-6,13-15,22H,4,7-12H2,1H3. The van der Waals surface area contributed by atoms with Crippen LogP contribution in [0.4, 0.5) is 0 Å². The summed E-state index contributed by atoms with van der Waals surface area (Å²) >= 11 is 3.41. The van der Waals surface area contributed by atoms with Gasteiger partial charge in [0, 0.05) is 41.2 Å². The predicted molar refractivity (Wildman–Crippen MR) is 105 cm³/mol. The molecule has 0 aliphatic carbocycles. The monoisotopic (exact) mass is 420 g/mol. The van der Waals surface area contributed by atoms with Crippen LogP contribution in [0.2, 0.25) is 0 Å². The van der Waals surface area contributed by atoms with Crippen molar-refractivity contribution in [3.8, 4) is 5.88 Å². The number of halogens is 1. The molecule has 4 rings (SSSR count). The molecule has 1 N–H and O–H groups in total. The smallest absolute Gasteiger partial charge is 0.344 e. The number of rotatable bonds is 6. The van der Waals surface area contributed by atoms with E-state index < -0.39 is 0 Å². The SMILES string of the molecule is CN1C2CCC1CC(OC(=O)c1c(OCCCBr)[nH]c3ccccc13)C2. The van der Waals surface area contributed by atoms with Crippen LogP contribution in [-0.2, 0) is 4.74 Å². The van der Waals surface area contributed by atoms with Crippen LogP contribution in [-0.4, -0.2) is 53.0 Å². The van der Waals surface area contributed by atoms with Crippen LogP contribution in [0.5, 0.6) is 5.88 Å². The molecule has 0 radical (unpaired) electrons. The summed E-state index contributed by atoms with van der Waals surface area (Å²) in [5.41, 5.74) is 1.43. The van der Waals surface area contributed by atoms with Gasteiger partial charge in [-0.3, -0.25) is 0 Å². The van der Waals surface area contributed by atoms with Gasteiger partial charge in [0.15, 0.2) is 0 Å². The van der Waals surface area contributed by atoms with Crippen molar-refractivity contribution in [1.29, 1.82) is 0 Å². The molecule has 2 unspecified atom stereocenters. The average Bonchev–Trinajstić information content (AvgIpc) is 3.08. The first-order valence-corrected chi connectivity index (χ1v) is 10.5. The Morgan fingerprint density at radius 2 is 2.00 bits per heavy atom. The first kappa shape index (κ1) is 17.9. The Morgan fingerprint density at radius 3 is 2.73 bits per heavy atom. The minimum Gasteiger partial charge on any atom is -0.478 e. The normalized spacial score (nSPS) is 25.5. The maximum atomic E-state index is 13.0. The van der Waals surface area contributed by atoms with Crippen LogP contribution in [0.3, 0.4) is 0 Å². The van der Waals surface area contributed by atoms with Crippen LogP contribution < -0.4 is 4.74 Å². The third-order valence-electron chi connectivity index (χ3n) is 5.73. The molecule has 0 saturated carbocycles. The highest BCUT2D eigenvalue weighted by atomic mass is 79.9. The molecule has 2 atom stereocenters. The summed E-state index contributed by atoms with van der Waals surface area (Å²) in [4.78, 5) is 18.7. The van der Waals surface area contributed by atoms with Crippen LogP contribution >= 0.6 is 15.9 Å². The van der Waals surface area contributed by atoms with Crippen molar-refractivity contribution in [2.45, 2.75) is 50.3 Å². The number of fused-ring (bicyclic) bond motifs is 3. The number of H-pyrrole nitrogens is 1. The fourth-order valence-electron chi connectivity index (χ4n) is 4.33. The first-order valence-electron chi connectivity index (χ1n) is 9.39. The number of alkyl halides is 1. The third kappa shape index (κ3) is 3.37. The number of benzene rings is 1. The summed E-state index contributed by atoms with van der Waals surface area (Å²) in [7, 11) is 2.19. The second-order valence-electron chi connectivity index (χ2n) is 7.31. The molecule has 6 heteroatoms. The lowest BCUT2D eigenvalue weighted by Gasteiger charge is -2.35. The lowest BCUT2D eigenvalue weighted by atomic mass is 10.0. The molecule has 140 valence electrons. The lowest BCUT2D eigenvalue weighted by Crippen LogP contribution is -2.43. The number of hydrogen-bond acceptors (Lipinski definition) is 4. The Labute approximate surface area is 162 Å². The highest BCUT2D eigenvalue weighted by Crippen LogP contribution is 2.37. The number of nitrogens with one attached hydrogen (secondary N) is 1. The first-order chi connectivity index (χ1) is 12.7. The molecule has 2 aromatic rings. The molecule has 2 aliphatic heterocycles. The number of esters is 1. The highest BCUT2D eigenvalue weighted by molar-refractivity contribution is 9.09. The molecule has 2 bridgehead atoms. The quantitative estimate of drug-likeness (QED) is 0.433. The van der Waals surface area contributed by atoms with Crippen molar-refractivity contribution in [3.63, 3.8) is 0 Å². The molecule has 3 heterocycles. The van der Waals surface area contributed by atoms with E-state index in [1.165, 1.54) is 12.8 Å². The largest absolute Gasteiger partial charge is 0.478 e. The molecule has 1 aromatic carbocycles. The molecule has 26 heavy (non-hydrogen) atoms. The van der Waals surface area contributed by atoms with Crippen molar-refractivity contribution in [2.24, 2.45) is 0 Å². The van der Waals surface area contributed by atoms with Gasteiger partial charge in [-0.2, -0.15) is 0 Å². The van der Waals surface area contributed by atoms with Gasteiger partial charge in [0.1, 0.15) is 11.7 Å². The minimum atomic E-state index is -0.273. The molecule has 0 amide bonds. The molecule has 5 nitrogen and oxygen atoms in total. The summed E-state index contributed by atoms with van der Waals surface area (Å²) < 4.78 is 11.8. The van der Waals surface area contributed by atoms with E-state index in [0.29, 0.717) is 30.1 Å². The summed E-state index contributed by atoms with van der Waals surface area (Å²) in [6, 6.07) is 8.88. The van der Waals surface area contributed by atoms with E-state index in [0.717, 1.165) is 35.5 Å².